The number of carbonyl (C=O) groups is 1. The Hall–Kier alpha value is -0.610. The van der Waals surface area contributed by atoms with E-state index in [4.69, 9.17) is 4.74 Å². The third kappa shape index (κ3) is 2.16. The molecule has 2 aliphatic heterocycles. The lowest BCUT2D eigenvalue weighted by Gasteiger charge is -2.33. The van der Waals surface area contributed by atoms with Crippen molar-refractivity contribution in [1.82, 2.24) is 10.6 Å². The van der Waals surface area contributed by atoms with E-state index in [1.807, 2.05) is 0 Å². The Kier molecular flexibility index (Phi) is 3.26. The van der Waals surface area contributed by atoms with Crippen molar-refractivity contribution in [2.75, 3.05) is 26.3 Å². The van der Waals surface area contributed by atoms with Gasteiger partial charge in [-0.05, 0) is 19.4 Å². The molecular weight excluding hydrogens is 192 g/mol. The Balaban J connectivity index is 1.93. The van der Waals surface area contributed by atoms with E-state index in [1.165, 1.54) is 0 Å². The van der Waals surface area contributed by atoms with Crippen LogP contribution in [0.3, 0.4) is 0 Å². The molecular formula is C11H20N2O2. The van der Waals surface area contributed by atoms with E-state index in [0.717, 1.165) is 32.4 Å². The van der Waals surface area contributed by atoms with Crippen LogP contribution >= 0.6 is 0 Å². The summed E-state index contributed by atoms with van der Waals surface area (Å²) in [4.78, 5) is 12.2. The first-order valence-electron chi connectivity index (χ1n) is 5.86. The Morgan fingerprint density at radius 1 is 1.60 bits per heavy atom. The fourth-order valence-electron chi connectivity index (χ4n) is 2.40. The Labute approximate surface area is 90.8 Å². The fraction of sp³-hybridized carbons (Fsp3) is 0.909. The molecule has 0 spiro atoms. The highest BCUT2D eigenvalue weighted by Crippen LogP contribution is 2.31. The molecule has 86 valence electrons. The number of hydrogen-bond acceptors (Lipinski definition) is 3. The lowest BCUT2D eigenvalue weighted by Crippen LogP contribution is -2.54. The molecule has 1 unspecified atom stereocenters. The molecule has 4 heteroatoms. The summed E-state index contributed by atoms with van der Waals surface area (Å²) >= 11 is 0. The van der Waals surface area contributed by atoms with Gasteiger partial charge in [0.05, 0.1) is 24.7 Å². The van der Waals surface area contributed by atoms with Crippen LogP contribution in [0.5, 0.6) is 0 Å². The summed E-state index contributed by atoms with van der Waals surface area (Å²) in [7, 11) is 0. The average Bonchev–Trinajstić information content (AvgIpc) is 2.61. The predicted molar refractivity (Wildman–Crippen MR) is 57.6 cm³/mol. The minimum atomic E-state index is -0.148. The molecule has 0 aromatic carbocycles. The maximum Gasteiger partial charge on any atom is 0.227 e. The Morgan fingerprint density at radius 2 is 2.40 bits per heavy atom. The van der Waals surface area contributed by atoms with Crippen molar-refractivity contribution in [1.29, 1.82) is 0 Å². The van der Waals surface area contributed by atoms with Crippen LogP contribution in [0.4, 0.5) is 0 Å². The van der Waals surface area contributed by atoms with Gasteiger partial charge in [0.25, 0.3) is 0 Å². The zero-order chi connectivity index (χ0) is 10.7. The topological polar surface area (TPSA) is 50.4 Å². The van der Waals surface area contributed by atoms with Crippen molar-refractivity contribution in [3.8, 4) is 0 Å². The molecule has 2 N–H and O–H groups in total. The van der Waals surface area contributed by atoms with Crippen molar-refractivity contribution < 1.29 is 9.53 Å². The molecule has 2 aliphatic rings. The van der Waals surface area contributed by atoms with E-state index < -0.39 is 0 Å². The molecule has 1 amide bonds. The second kappa shape index (κ2) is 4.49. The van der Waals surface area contributed by atoms with Gasteiger partial charge >= 0.3 is 0 Å². The van der Waals surface area contributed by atoms with Gasteiger partial charge in [-0.25, -0.2) is 0 Å². The van der Waals surface area contributed by atoms with Crippen molar-refractivity contribution >= 4 is 5.91 Å². The molecule has 2 heterocycles. The van der Waals surface area contributed by atoms with Gasteiger partial charge in [-0.3, -0.25) is 4.79 Å². The Morgan fingerprint density at radius 3 is 2.87 bits per heavy atom. The van der Waals surface area contributed by atoms with Crippen LogP contribution in [-0.4, -0.2) is 38.3 Å². The lowest BCUT2D eigenvalue weighted by atomic mass is 9.81. The highest BCUT2D eigenvalue weighted by atomic mass is 16.5. The van der Waals surface area contributed by atoms with Crippen molar-refractivity contribution in [2.45, 2.75) is 32.2 Å². The highest BCUT2D eigenvalue weighted by molar-refractivity contribution is 5.83. The summed E-state index contributed by atoms with van der Waals surface area (Å²) in [5.74, 6) is 0.225. The number of rotatable bonds is 4. The maximum atomic E-state index is 12.2. The molecule has 2 fully saturated rings. The summed E-state index contributed by atoms with van der Waals surface area (Å²) in [5, 5.41) is 6.38. The van der Waals surface area contributed by atoms with Crippen LogP contribution in [-0.2, 0) is 9.53 Å². The molecule has 0 radical (unpaired) electrons. The molecule has 4 nitrogen and oxygen atoms in total. The zero-order valence-electron chi connectivity index (χ0n) is 9.34. The summed E-state index contributed by atoms with van der Waals surface area (Å²) in [5.41, 5.74) is -0.148. The fourth-order valence-corrected chi connectivity index (χ4v) is 2.40. The number of nitrogens with one attached hydrogen (secondary N) is 2. The van der Waals surface area contributed by atoms with Gasteiger partial charge in [-0.15, -0.1) is 0 Å². The number of amides is 1. The van der Waals surface area contributed by atoms with Crippen molar-refractivity contribution in [3.63, 3.8) is 0 Å². The van der Waals surface area contributed by atoms with E-state index in [2.05, 4.69) is 17.6 Å². The molecule has 0 bridgehead atoms. The lowest BCUT2D eigenvalue weighted by molar-refractivity contribution is -0.134. The first-order valence-corrected chi connectivity index (χ1v) is 5.86. The maximum absolute atomic E-state index is 12.2. The first-order chi connectivity index (χ1) is 7.27. The zero-order valence-corrected chi connectivity index (χ0v) is 9.34. The van der Waals surface area contributed by atoms with Crippen molar-refractivity contribution in [3.05, 3.63) is 0 Å². The minimum Gasteiger partial charge on any atom is -0.377 e. The first kappa shape index (κ1) is 10.9. The average molecular weight is 212 g/mol. The summed E-state index contributed by atoms with van der Waals surface area (Å²) in [6.45, 7) is 5.30. The normalized spacial score (nSPS) is 31.3. The third-order valence-electron chi connectivity index (χ3n) is 3.43. The molecule has 0 aromatic rings. The molecule has 0 aliphatic carbocycles. The van der Waals surface area contributed by atoms with Gasteiger partial charge in [-0.1, -0.05) is 13.3 Å². The molecule has 2 saturated heterocycles. The smallest absolute Gasteiger partial charge is 0.227 e. The van der Waals surface area contributed by atoms with Crippen LogP contribution in [0, 0.1) is 5.41 Å². The SMILES string of the molecule is CCCC1(C(=O)NC2COC2)CCNC1. The third-order valence-corrected chi connectivity index (χ3v) is 3.43. The predicted octanol–water partition coefficient (Wildman–Crippen LogP) is 0.281. The van der Waals surface area contributed by atoms with Gasteiger partial charge in [0.1, 0.15) is 0 Å². The number of ether oxygens (including phenoxy) is 1. The van der Waals surface area contributed by atoms with E-state index in [-0.39, 0.29) is 17.4 Å². The molecule has 2 rings (SSSR count). The second-order valence-electron chi connectivity index (χ2n) is 4.66. The van der Waals surface area contributed by atoms with E-state index >= 15 is 0 Å². The van der Waals surface area contributed by atoms with Gasteiger partial charge in [-0.2, -0.15) is 0 Å². The summed E-state index contributed by atoms with van der Waals surface area (Å²) in [6, 6.07) is 0.256. The van der Waals surface area contributed by atoms with Crippen LogP contribution in [0.1, 0.15) is 26.2 Å². The van der Waals surface area contributed by atoms with Crippen LogP contribution in [0.15, 0.2) is 0 Å². The van der Waals surface area contributed by atoms with Gasteiger partial charge < -0.3 is 15.4 Å². The molecule has 0 saturated carbocycles. The largest absolute Gasteiger partial charge is 0.377 e. The second-order valence-corrected chi connectivity index (χ2v) is 4.66. The van der Waals surface area contributed by atoms with Crippen LogP contribution in [0.25, 0.3) is 0 Å². The van der Waals surface area contributed by atoms with Crippen LogP contribution in [0.2, 0.25) is 0 Å². The summed E-state index contributed by atoms with van der Waals surface area (Å²) in [6.07, 6.45) is 3.02. The van der Waals surface area contributed by atoms with E-state index in [1.54, 1.807) is 0 Å². The van der Waals surface area contributed by atoms with Gasteiger partial charge in [0, 0.05) is 6.54 Å². The van der Waals surface area contributed by atoms with Gasteiger partial charge in [0.15, 0.2) is 0 Å². The Bertz CT molecular complexity index is 233. The summed E-state index contributed by atoms with van der Waals surface area (Å²) < 4.78 is 5.06. The quantitative estimate of drug-likeness (QED) is 0.704. The van der Waals surface area contributed by atoms with Crippen molar-refractivity contribution in [2.24, 2.45) is 5.41 Å². The number of carbonyl (C=O) groups excluding carboxylic acids is 1. The van der Waals surface area contributed by atoms with Gasteiger partial charge in [0.2, 0.25) is 5.91 Å². The highest BCUT2D eigenvalue weighted by Gasteiger charge is 2.41. The van der Waals surface area contributed by atoms with E-state index in [9.17, 15) is 4.79 Å². The standard InChI is InChI=1S/C11H20N2O2/c1-2-3-11(4-5-12-8-11)10(14)13-9-6-15-7-9/h9,12H,2-8H2,1H3,(H,13,14). The van der Waals surface area contributed by atoms with Crippen LogP contribution < -0.4 is 10.6 Å². The monoisotopic (exact) mass is 212 g/mol. The molecule has 15 heavy (non-hydrogen) atoms. The van der Waals surface area contributed by atoms with E-state index in [0.29, 0.717) is 13.2 Å². The number of hydrogen-bond donors (Lipinski definition) is 2. The molecule has 0 aromatic heterocycles. The minimum absolute atomic E-state index is 0.148. The molecule has 1 atom stereocenters.